The molecule has 11 heteroatoms. The minimum atomic E-state index is -0.959. The first-order chi connectivity index (χ1) is 16.2. The molecule has 1 saturated carbocycles. The zero-order valence-electron chi connectivity index (χ0n) is 18.3. The highest BCUT2D eigenvalue weighted by Crippen LogP contribution is 2.42. The number of nitro groups is 2. The Bertz CT molecular complexity index is 1200. The Morgan fingerprint density at radius 2 is 1.53 bits per heavy atom. The van der Waals surface area contributed by atoms with Crippen molar-refractivity contribution in [3.63, 3.8) is 0 Å². The molecule has 0 spiro atoms. The van der Waals surface area contributed by atoms with E-state index in [1.54, 1.807) is 0 Å². The fourth-order valence-electron chi connectivity index (χ4n) is 4.78. The summed E-state index contributed by atoms with van der Waals surface area (Å²) in [6.07, 6.45) is 1.74. The van der Waals surface area contributed by atoms with Gasteiger partial charge in [0.25, 0.3) is 29.1 Å². The summed E-state index contributed by atoms with van der Waals surface area (Å²) in [5.74, 6) is -3.04. The van der Waals surface area contributed by atoms with Crippen molar-refractivity contribution in [2.75, 3.05) is 0 Å². The number of hydrazine groups is 1. The van der Waals surface area contributed by atoms with Crippen LogP contribution in [0.5, 0.6) is 0 Å². The monoisotopic (exact) mass is 466 g/mol. The molecule has 2 aromatic rings. The van der Waals surface area contributed by atoms with Crippen molar-refractivity contribution in [3.8, 4) is 0 Å². The largest absolute Gasteiger partial charge is 0.282 e. The van der Waals surface area contributed by atoms with Crippen LogP contribution in [-0.2, 0) is 16.1 Å². The number of benzene rings is 2. The number of nitrogens with zero attached hydrogens (tertiary/aromatic N) is 4. The van der Waals surface area contributed by atoms with E-state index in [1.165, 1.54) is 42.5 Å². The number of amides is 3. The van der Waals surface area contributed by atoms with E-state index in [4.69, 9.17) is 0 Å². The molecule has 2 aromatic carbocycles. The number of nitro benzene ring substituents is 2. The summed E-state index contributed by atoms with van der Waals surface area (Å²) in [5.41, 5.74) is -1.03. The van der Waals surface area contributed by atoms with Crippen LogP contribution in [0, 0.1) is 38.0 Å². The predicted molar refractivity (Wildman–Crippen MR) is 118 cm³/mol. The van der Waals surface area contributed by atoms with Gasteiger partial charge < -0.3 is 0 Å². The third-order valence-electron chi connectivity index (χ3n) is 6.48. The Labute approximate surface area is 194 Å². The van der Waals surface area contributed by atoms with E-state index in [1.807, 2.05) is 6.92 Å². The first kappa shape index (κ1) is 23.0. The molecule has 0 bridgehead atoms. The fourth-order valence-corrected chi connectivity index (χ4v) is 4.78. The van der Waals surface area contributed by atoms with E-state index in [0.717, 1.165) is 22.5 Å². The van der Waals surface area contributed by atoms with Gasteiger partial charge in [-0.3, -0.25) is 34.6 Å². The van der Waals surface area contributed by atoms with E-state index in [9.17, 15) is 34.6 Å². The summed E-state index contributed by atoms with van der Waals surface area (Å²) in [7, 11) is 0. The first-order valence-electron chi connectivity index (χ1n) is 10.9. The number of hydrogen-bond acceptors (Lipinski definition) is 7. The third-order valence-corrected chi connectivity index (χ3v) is 6.48. The number of carbonyl (C=O) groups is 3. The second kappa shape index (κ2) is 9.00. The molecule has 0 N–H and O–H groups in total. The minimum Gasteiger partial charge on any atom is -0.272 e. The minimum absolute atomic E-state index is 0.0864. The van der Waals surface area contributed by atoms with Gasteiger partial charge in [-0.1, -0.05) is 37.3 Å². The van der Waals surface area contributed by atoms with Gasteiger partial charge in [-0.2, -0.15) is 5.01 Å². The molecule has 0 aromatic heterocycles. The Morgan fingerprint density at radius 3 is 2.21 bits per heavy atom. The average molecular weight is 466 g/mol. The molecule has 1 aliphatic carbocycles. The van der Waals surface area contributed by atoms with E-state index < -0.39 is 51.6 Å². The lowest BCUT2D eigenvalue weighted by atomic mass is 9.76. The van der Waals surface area contributed by atoms with Crippen LogP contribution in [0.3, 0.4) is 0 Å². The van der Waals surface area contributed by atoms with E-state index >= 15 is 0 Å². The van der Waals surface area contributed by atoms with Gasteiger partial charge in [0.15, 0.2) is 0 Å². The van der Waals surface area contributed by atoms with Crippen molar-refractivity contribution < 1.29 is 24.2 Å². The maximum atomic E-state index is 13.6. The second-order valence-electron chi connectivity index (χ2n) is 8.64. The Kier molecular flexibility index (Phi) is 6.10. The molecule has 0 unspecified atom stereocenters. The standard InChI is InChI=1S/C23H22N4O7/c1-14-10-11-16-18(12-14)23(30)25(22(16)29)24(13-15-6-2-4-8-19(15)26(31)32)21(28)17-7-3-5-9-20(17)27(33)34/h2-9,14,16,18H,10-13H2,1H3/t14-,16-,18+/m1/s1. The number of rotatable bonds is 6. The van der Waals surface area contributed by atoms with Crippen molar-refractivity contribution in [2.24, 2.45) is 17.8 Å². The van der Waals surface area contributed by atoms with Crippen LogP contribution in [0.25, 0.3) is 0 Å². The zero-order valence-corrected chi connectivity index (χ0v) is 18.3. The van der Waals surface area contributed by atoms with Gasteiger partial charge in [-0.25, -0.2) is 5.01 Å². The van der Waals surface area contributed by atoms with Crippen LogP contribution < -0.4 is 0 Å². The number of carbonyl (C=O) groups excluding carboxylic acids is 3. The van der Waals surface area contributed by atoms with Gasteiger partial charge in [-0.15, -0.1) is 0 Å². The van der Waals surface area contributed by atoms with Crippen molar-refractivity contribution >= 4 is 29.1 Å². The highest BCUT2D eigenvalue weighted by atomic mass is 16.6. The number of para-hydroxylation sites is 2. The zero-order chi connectivity index (χ0) is 24.6. The molecular weight excluding hydrogens is 444 g/mol. The highest BCUT2D eigenvalue weighted by molar-refractivity contribution is 6.08. The van der Waals surface area contributed by atoms with Crippen LogP contribution in [0.15, 0.2) is 48.5 Å². The molecule has 1 heterocycles. The molecule has 2 aliphatic rings. The fraction of sp³-hybridized carbons (Fsp3) is 0.348. The molecule has 3 amide bonds. The molecule has 0 radical (unpaired) electrons. The van der Waals surface area contributed by atoms with Crippen molar-refractivity contribution in [2.45, 2.75) is 32.7 Å². The van der Waals surface area contributed by atoms with Gasteiger partial charge in [0, 0.05) is 12.1 Å². The first-order valence-corrected chi connectivity index (χ1v) is 10.9. The summed E-state index contributed by atoms with van der Waals surface area (Å²) >= 11 is 0. The molecule has 2 fully saturated rings. The second-order valence-corrected chi connectivity index (χ2v) is 8.64. The quantitative estimate of drug-likeness (QED) is 0.360. The van der Waals surface area contributed by atoms with Gasteiger partial charge in [0.1, 0.15) is 5.56 Å². The summed E-state index contributed by atoms with van der Waals surface area (Å²) in [6.45, 7) is 1.51. The molecule has 4 rings (SSSR count). The van der Waals surface area contributed by atoms with Crippen molar-refractivity contribution in [1.29, 1.82) is 0 Å². The lowest BCUT2D eigenvalue weighted by Crippen LogP contribution is -2.50. The molecule has 3 atom stereocenters. The van der Waals surface area contributed by atoms with Crippen LogP contribution >= 0.6 is 0 Å². The lowest BCUT2D eigenvalue weighted by Gasteiger charge is -2.30. The summed E-state index contributed by atoms with van der Waals surface area (Å²) in [4.78, 5) is 62.0. The number of imide groups is 1. The van der Waals surface area contributed by atoms with Gasteiger partial charge >= 0.3 is 0 Å². The summed E-state index contributed by atoms with van der Waals surface area (Å²) < 4.78 is 0. The van der Waals surface area contributed by atoms with Gasteiger partial charge in [0.2, 0.25) is 0 Å². The number of fused-ring (bicyclic) bond motifs is 1. The Morgan fingerprint density at radius 1 is 0.941 bits per heavy atom. The van der Waals surface area contributed by atoms with Gasteiger partial charge in [-0.05, 0) is 31.2 Å². The summed E-state index contributed by atoms with van der Waals surface area (Å²) in [6, 6.07) is 10.8. The van der Waals surface area contributed by atoms with Crippen LogP contribution in [0.1, 0.15) is 42.1 Å². The smallest absolute Gasteiger partial charge is 0.272 e. The van der Waals surface area contributed by atoms with E-state index in [2.05, 4.69) is 0 Å². The molecule has 34 heavy (non-hydrogen) atoms. The lowest BCUT2D eigenvalue weighted by molar-refractivity contribution is -0.385. The Balaban J connectivity index is 1.80. The summed E-state index contributed by atoms with van der Waals surface area (Å²) in [5, 5.41) is 24.7. The SMILES string of the molecule is C[C@@H]1CC[C@H]2C(=O)N(N(Cc3ccccc3[N+](=O)[O-])C(=O)c3ccccc3[N+](=O)[O-])C(=O)[C@H]2C1. The van der Waals surface area contributed by atoms with E-state index in [-0.39, 0.29) is 22.7 Å². The maximum absolute atomic E-state index is 13.6. The number of hydrogen-bond donors (Lipinski definition) is 0. The van der Waals surface area contributed by atoms with Crippen LogP contribution in [0.4, 0.5) is 11.4 Å². The molecule has 1 aliphatic heterocycles. The Hall–Kier alpha value is -4.15. The molecule has 1 saturated heterocycles. The van der Waals surface area contributed by atoms with Crippen LogP contribution in [0.2, 0.25) is 0 Å². The normalized spacial score (nSPS) is 21.8. The molecule has 176 valence electrons. The van der Waals surface area contributed by atoms with Crippen molar-refractivity contribution in [1.82, 2.24) is 10.0 Å². The van der Waals surface area contributed by atoms with Gasteiger partial charge in [0.05, 0.1) is 33.8 Å². The van der Waals surface area contributed by atoms with Crippen molar-refractivity contribution in [3.05, 3.63) is 79.9 Å². The average Bonchev–Trinajstić information content (AvgIpc) is 3.06. The maximum Gasteiger partial charge on any atom is 0.282 e. The third kappa shape index (κ3) is 4.00. The van der Waals surface area contributed by atoms with E-state index in [0.29, 0.717) is 12.8 Å². The molecule has 11 nitrogen and oxygen atoms in total. The molecular formula is C23H22N4O7. The highest BCUT2D eigenvalue weighted by Gasteiger charge is 2.53. The van der Waals surface area contributed by atoms with Crippen LogP contribution in [-0.4, -0.2) is 37.6 Å². The predicted octanol–water partition coefficient (Wildman–Crippen LogP) is 3.48. The topological polar surface area (TPSA) is 144 Å².